The molecule has 0 saturated carbocycles. The zero-order valence-corrected chi connectivity index (χ0v) is 12.9. The van der Waals surface area contributed by atoms with Gasteiger partial charge in [-0.3, -0.25) is 0 Å². The van der Waals surface area contributed by atoms with E-state index in [1.807, 2.05) is 11.3 Å². The summed E-state index contributed by atoms with van der Waals surface area (Å²) in [5.41, 5.74) is 3.92. The van der Waals surface area contributed by atoms with Gasteiger partial charge in [0.15, 0.2) is 5.13 Å². The Hall–Kier alpha value is -0.910. The SMILES string of the molecule is Brc1ccc2c(c1)Cc1sc(N3CCNCC3)nc1-2. The maximum Gasteiger partial charge on any atom is 0.186 e. The van der Waals surface area contributed by atoms with E-state index in [-0.39, 0.29) is 0 Å². The molecule has 1 N–H and O–H groups in total. The lowest BCUT2D eigenvalue weighted by Crippen LogP contribution is -2.43. The normalized spacial score (nSPS) is 17.4. The highest BCUT2D eigenvalue weighted by Crippen LogP contribution is 2.42. The summed E-state index contributed by atoms with van der Waals surface area (Å²) in [6, 6.07) is 6.51. The van der Waals surface area contributed by atoms with Gasteiger partial charge in [0.25, 0.3) is 0 Å². The molecule has 1 aliphatic carbocycles. The molecule has 2 aromatic rings. The van der Waals surface area contributed by atoms with Crippen molar-refractivity contribution in [1.29, 1.82) is 0 Å². The second-order valence-electron chi connectivity index (χ2n) is 4.98. The maximum absolute atomic E-state index is 4.89. The Bertz CT molecular complexity index is 632. The molecule has 2 aliphatic rings. The van der Waals surface area contributed by atoms with Crippen LogP contribution in [0, 0.1) is 0 Å². The first-order valence-corrected chi connectivity index (χ1v) is 8.16. The number of benzene rings is 1. The highest BCUT2D eigenvalue weighted by molar-refractivity contribution is 9.10. The van der Waals surface area contributed by atoms with Crippen molar-refractivity contribution in [3.8, 4) is 11.3 Å². The number of fused-ring (bicyclic) bond motifs is 3. The average Bonchev–Trinajstić information content (AvgIpc) is 2.96. The van der Waals surface area contributed by atoms with Gasteiger partial charge in [-0.05, 0) is 17.7 Å². The molecule has 0 amide bonds. The molecular weight excluding hydrogens is 322 g/mol. The number of nitrogens with one attached hydrogen (secondary N) is 1. The number of hydrogen-bond donors (Lipinski definition) is 1. The Morgan fingerprint density at radius 1 is 1.26 bits per heavy atom. The highest BCUT2D eigenvalue weighted by atomic mass is 79.9. The van der Waals surface area contributed by atoms with Crippen LogP contribution in [0.2, 0.25) is 0 Å². The first kappa shape index (κ1) is 11.9. The third kappa shape index (κ3) is 2.00. The first-order chi connectivity index (χ1) is 9.31. The van der Waals surface area contributed by atoms with Crippen LogP contribution in [-0.2, 0) is 6.42 Å². The summed E-state index contributed by atoms with van der Waals surface area (Å²) in [7, 11) is 0. The van der Waals surface area contributed by atoms with E-state index in [4.69, 9.17) is 4.98 Å². The number of rotatable bonds is 1. The fraction of sp³-hybridized carbons (Fsp3) is 0.357. The lowest BCUT2D eigenvalue weighted by atomic mass is 10.1. The number of piperazine rings is 1. The lowest BCUT2D eigenvalue weighted by Gasteiger charge is -2.26. The van der Waals surface area contributed by atoms with Crippen molar-refractivity contribution in [2.24, 2.45) is 0 Å². The van der Waals surface area contributed by atoms with Gasteiger partial charge < -0.3 is 10.2 Å². The van der Waals surface area contributed by atoms with Gasteiger partial charge in [-0.15, -0.1) is 11.3 Å². The molecule has 19 heavy (non-hydrogen) atoms. The van der Waals surface area contributed by atoms with E-state index in [2.05, 4.69) is 44.3 Å². The molecule has 0 bridgehead atoms. The Morgan fingerprint density at radius 3 is 2.95 bits per heavy atom. The van der Waals surface area contributed by atoms with E-state index >= 15 is 0 Å². The molecule has 1 aromatic heterocycles. The van der Waals surface area contributed by atoms with Gasteiger partial charge in [0.2, 0.25) is 0 Å². The van der Waals surface area contributed by atoms with E-state index in [9.17, 15) is 0 Å². The minimum atomic E-state index is 1.04. The molecule has 1 fully saturated rings. The van der Waals surface area contributed by atoms with Gasteiger partial charge in [-0.2, -0.15) is 0 Å². The first-order valence-electron chi connectivity index (χ1n) is 6.55. The Kier molecular flexibility index (Phi) is 2.86. The lowest BCUT2D eigenvalue weighted by molar-refractivity contribution is 0.588. The van der Waals surface area contributed by atoms with Crippen LogP contribution < -0.4 is 10.2 Å². The second-order valence-corrected chi connectivity index (χ2v) is 6.96. The van der Waals surface area contributed by atoms with Crippen LogP contribution in [0.4, 0.5) is 5.13 Å². The van der Waals surface area contributed by atoms with Crippen molar-refractivity contribution in [3.63, 3.8) is 0 Å². The smallest absolute Gasteiger partial charge is 0.186 e. The van der Waals surface area contributed by atoms with Gasteiger partial charge in [0.1, 0.15) is 0 Å². The molecule has 3 nitrogen and oxygen atoms in total. The fourth-order valence-corrected chi connectivity index (χ4v) is 4.33. The highest BCUT2D eigenvalue weighted by Gasteiger charge is 2.25. The predicted molar refractivity (Wildman–Crippen MR) is 83.1 cm³/mol. The third-order valence-electron chi connectivity index (χ3n) is 3.75. The van der Waals surface area contributed by atoms with Crippen LogP contribution in [0.5, 0.6) is 0 Å². The van der Waals surface area contributed by atoms with E-state index < -0.39 is 0 Å². The summed E-state index contributed by atoms with van der Waals surface area (Å²) < 4.78 is 1.16. The molecule has 2 heterocycles. The standard InChI is InChI=1S/C14H14BrN3S/c15-10-1-2-11-9(7-10)8-12-13(11)17-14(19-12)18-5-3-16-4-6-18/h1-2,7,16H,3-6,8H2. The summed E-state index contributed by atoms with van der Waals surface area (Å²) in [5.74, 6) is 0. The third-order valence-corrected chi connectivity index (χ3v) is 5.36. The van der Waals surface area contributed by atoms with Gasteiger partial charge in [-0.25, -0.2) is 4.98 Å². The van der Waals surface area contributed by atoms with Crippen LogP contribution >= 0.6 is 27.3 Å². The number of anilines is 1. The van der Waals surface area contributed by atoms with E-state index in [0.717, 1.165) is 37.1 Å². The van der Waals surface area contributed by atoms with E-state index in [1.54, 1.807) is 0 Å². The molecule has 1 saturated heterocycles. The molecule has 98 valence electrons. The number of thiazole rings is 1. The molecule has 1 aromatic carbocycles. The van der Waals surface area contributed by atoms with Crippen molar-refractivity contribution >= 4 is 32.4 Å². The zero-order valence-electron chi connectivity index (χ0n) is 10.4. The van der Waals surface area contributed by atoms with Crippen LogP contribution in [0.25, 0.3) is 11.3 Å². The topological polar surface area (TPSA) is 28.2 Å². The summed E-state index contributed by atoms with van der Waals surface area (Å²) in [6.45, 7) is 4.26. The second kappa shape index (κ2) is 4.58. The van der Waals surface area contributed by atoms with Gasteiger partial charge in [0.05, 0.1) is 5.69 Å². The number of aromatic nitrogens is 1. The van der Waals surface area contributed by atoms with Crippen molar-refractivity contribution in [2.75, 3.05) is 31.1 Å². The van der Waals surface area contributed by atoms with Gasteiger partial charge in [0, 0.05) is 47.5 Å². The molecule has 0 spiro atoms. The molecular formula is C14H14BrN3S. The Labute approximate surface area is 124 Å². The van der Waals surface area contributed by atoms with E-state index in [0.29, 0.717) is 0 Å². The molecule has 0 atom stereocenters. The predicted octanol–water partition coefficient (Wildman–Crippen LogP) is 2.89. The summed E-state index contributed by atoms with van der Waals surface area (Å²) >= 11 is 5.41. The maximum atomic E-state index is 4.89. The average molecular weight is 336 g/mol. The number of hydrogen-bond acceptors (Lipinski definition) is 4. The zero-order chi connectivity index (χ0) is 12.8. The monoisotopic (exact) mass is 335 g/mol. The minimum absolute atomic E-state index is 1.04. The fourth-order valence-electron chi connectivity index (χ4n) is 2.77. The Morgan fingerprint density at radius 2 is 2.11 bits per heavy atom. The Balaban J connectivity index is 1.71. The quantitative estimate of drug-likeness (QED) is 0.741. The molecule has 0 radical (unpaired) electrons. The van der Waals surface area contributed by atoms with Crippen molar-refractivity contribution in [1.82, 2.24) is 10.3 Å². The van der Waals surface area contributed by atoms with Crippen LogP contribution in [-0.4, -0.2) is 31.2 Å². The minimum Gasteiger partial charge on any atom is -0.346 e. The van der Waals surface area contributed by atoms with Crippen molar-refractivity contribution in [2.45, 2.75) is 6.42 Å². The van der Waals surface area contributed by atoms with Crippen molar-refractivity contribution in [3.05, 3.63) is 33.1 Å². The van der Waals surface area contributed by atoms with Crippen LogP contribution in [0.3, 0.4) is 0 Å². The molecule has 1 aliphatic heterocycles. The largest absolute Gasteiger partial charge is 0.346 e. The molecule has 5 heteroatoms. The summed E-state index contributed by atoms with van der Waals surface area (Å²) in [4.78, 5) is 8.71. The summed E-state index contributed by atoms with van der Waals surface area (Å²) in [5, 5.41) is 4.58. The van der Waals surface area contributed by atoms with Gasteiger partial charge >= 0.3 is 0 Å². The van der Waals surface area contributed by atoms with Gasteiger partial charge in [-0.1, -0.05) is 22.0 Å². The summed E-state index contributed by atoms with van der Waals surface area (Å²) in [6.07, 6.45) is 1.04. The molecule has 4 rings (SSSR count). The molecule has 0 unspecified atom stereocenters. The number of nitrogens with zero attached hydrogens (tertiary/aromatic N) is 2. The number of halogens is 1. The van der Waals surface area contributed by atoms with Crippen LogP contribution in [0.1, 0.15) is 10.4 Å². The van der Waals surface area contributed by atoms with E-state index in [1.165, 1.54) is 26.8 Å². The van der Waals surface area contributed by atoms with Crippen LogP contribution in [0.15, 0.2) is 22.7 Å². The van der Waals surface area contributed by atoms with Crippen molar-refractivity contribution < 1.29 is 0 Å².